The van der Waals surface area contributed by atoms with Crippen LogP contribution in [0, 0.1) is 11.6 Å². The largest absolute Gasteiger partial charge is 0.489 e. The van der Waals surface area contributed by atoms with Gasteiger partial charge in [-0.15, -0.1) is 0 Å². The zero-order chi connectivity index (χ0) is 21.8. The van der Waals surface area contributed by atoms with Crippen molar-refractivity contribution in [1.82, 2.24) is 10.2 Å². The number of benzene rings is 3. The van der Waals surface area contributed by atoms with Crippen molar-refractivity contribution in [2.24, 2.45) is 0 Å². The molecule has 7 heteroatoms. The van der Waals surface area contributed by atoms with Gasteiger partial charge in [-0.1, -0.05) is 42.5 Å². The number of imide groups is 1. The van der Waals surface area contributed by atoms with Crippen LogP contribution in [0.1, 0.15) is 16.7 Å². The number of urea groups is 1. The minimum atomic E-state index is -0.537. The van der Waals surface area contributed by atoms with Crippen molar-refractivity contribution in [3.05, 3.63) is 107 Å². The highest BCUT2D eigenvalue weighted by atomic mass is 19.1. The fourth-order valence-corrected chi connectivity index (χ4v) is 3.09. The Bertz CT molecular complexity index is 1140. The Kier molecular flexibility index (Phi) is 5.75. The number of nitrogens with one attached hydrogen (secondary N) is 1. The molecule has 1 heterocycles. The van der Waals surface area contributed by atoms with E-state index in [1.165, 1.54) is 30.3 Å². The normalized spacial score (nSPS) is 14.8. The Morgan fingerprint density at radius 2 is 1.61 bits per heavy atom. The number of hydrogen-bond donors (Lipinski definition) is 1. The van der Waals surface area contributed by atoms with Gasteiger partial charge in [0, 0.05) is 5.56 Å². The first-order chi connectivity index (χ1) is 15.0. The van der Waals surface area contributed by atoms with Crippen molar-refractivity contribution < 1.29 is 23.1 Å². The van der Waals surface area contributed by atoms with Gasteiger partial charge in [-0.25, -0.2) is 13.6 Å². The molecule has 1 N–H and O–H groups in total. The molecule has 0 atom stereocenters. The van der Waals surface area contributed by atoms with E-state index in [1.807, 2.05) is 0 Å². The molecule has 1 saturated heterocycles. The predicted octanol–water partition coefficient (Wildman–Crippen LogP) is 4.64. The van der Waals surface area contributed by atoms with Crippen LogP contribution in [-0.2, 0) is 17.9 Å². The quantitative estimate of drug-likeness (QED) is 0.467. The minimum Gasteiger partial charge on any atom is -0.489 e. The van der Waals surface area contributed by atoms with Crippen LogP contribution in [0.3, 0.4) is 0 Å². The lowest BCUT2D eigenvalue weighted by molar-refractivity contribution is -0.123. The molecule has 1 aliphatic rings. The number of halogens is 2. The van der Waals surface area contributed by atoms with E-state index in [9.17, 15) is 18.4 Å². The Morgan fingerprint density at radius 1 is 0.903 bits per heavy atom. The number of carbonyl (C=O) groups is 2. The topological polar surface area (TPSA) is 58.6 Å². The third kappa shape index (κ3) is 4.78. The van der Waals surface area contributed by atoms with Crippen LogP contribution in [-0.4, -0.2) is 16.8 Å². The van der Waals surface area contributed by atoms with Crippen molar-refractivity contribution in [3.63, 3.8) is 0 Å². The second kappa shape index (κ2) is 8.79. The third-order valence-electron chi connectivity index (χ3n) is 4.76. The summed E-state index contributed by atoms with van der Waals surface area (Å²) >= 11 is 0. The first-order valence-electron chi connectivity index (χ1n) is 9.55. The van der Waals surface area contributed by atoms with Gasteiger partial charge in [-0.3, -0.25) is 9.69 Å². The number of amides is 3. The molecular formula is C24H18F2N2O3. The Morgan fingerprint density at radius 3 is 2.32 bits per heavy atom. The molecule has 31 heavy (non-hydrogen) atoms. The summed E-state index contributed by atoms with van der Waals surface area (Å²) in [6.07, 6.45) is 1.56. The molecular weight excluding hydrogens is 402 g/mol. The summed E-state index contributed by atoms with van der Waals surface area (Å²) in [4.78, 5) is 25.8. The summed E-state index contributed by atoms with van der Waals surface area (Å²) in [6, 6.07) is 18.3. The first-order valence-corrected chi connectivity index (χ1v) is 9.55. The standard InChI is InChI=1S/C24H18F2N2O3/c25-19-9-5-17(6-10-19)14-28-23(29)22(27-24(28)30)13-16-7-11-20(12-8-16)31-15-18-3-1-2-4-21(18)26/h1-13H,14-15H2,(H,27,30)/b22-13+. The molecule has 0 unspecified atom stereocenters. The van der Waals surface area contributed by atoms with E-state index in [2.05, 4.69) is 5.32 Å². The van der Waals surface area contributed by atoms with E-state index in [-0.39, 0.29) is 30.5 Å². The maximum atomic E-state index is 13.7. The maximum Gasteiger partial charge on any atom is 0.329 e. The number of rotatable bonds is 6. The second-order valence-electron chi connectivity index (χ2n) is 6.96. The van der Waals surface area contributed by atoms with Crippen molar-refractivity contribution in [3.8, 4) is 5.75 Å². The van der Waals surface area contributed by atoms with Gasteiger partial charge in [0.15, 0.2) is 0 Å². The molecule has 3 aromatic carbocycles. The summed E-state index contributed by atoms with van der Waals surface area (Å²) in [5.74, 6) is -0.633. The average molecular weight is 420 g/mol. The number of hydrogen-bond acceptors (Lipinski definition) is 3. The van der Waals surface area contributed by atoms with Crippen molar-refractivity contribution in [1.29, 1.82) is 0 Å². The second-order valence-corrected chi connectivity index (χ2v) is 6.96. The molecule has 1 aliphatic heterocycles. The van der Waals surface area contributed by atoms with E-state index in [4.69, 9.17) is 4.74 Å². The molecule has 156 valence electrons. The molecule has 3 amide bonds. The van der Waals surface area contributed by atoms with E-state index in [0.717, 1.165) is 4.90 Å². The minimum absolute atomic E-state index is 0.0467. The van der Waals surface area contributed by atoms with Crippen LogP contribution in [0.5, 0.6) is 5.75 Å². The van der Waals surface area contributed by atoms with E-state index in [0.29, 0.717) is 22.4 Å². The molecule has 0 spiro atoms. The van der Waals surface area contributed by atoms with Crippen LogP contribution in [0.4, 0.5) is 13.6 Å². The molecule has 0 aliphatic carbocycles. The molecule has 4 rings (SSSR count). The molecule has 0 radical (unpaired) electrons. The van der Waals surface area contributed by atoms with Gasteiger partial charge in [0.1, 0.15) is 29.7 Å². The molecule has 1 fully saturated rings. The monoisotopic (exact) mass is 420 g/mol. The van der Waals surface area contributed by atoms with Gasteiger partial charge in [-0.05, 0) is 47.5 Å². The fourth-order valence-electron chi connectivity index (χ4n) is 3.09. The Balaban J connectivity index is 1.41. The average Bonchev–Trinajstić information content (AvgIpc) is 3.03. The Hall–Kier alpha value is -4.00. The zero-order valence-corrected chi connectivity index (χ0v) is 16.3. The lowest BCUT2D eigenvalue weighted by Gasteiger charge is -2.11. The van der Waals surface area contributed by atoms with Gasteiger partial charge < -0.3 is 10.1 Å². The van der Waals surface area contributed by atoms with E-state index in [1.54, 1.807) is 48.5 Å². The summed E-state index contributed by atoms with van der Waals surface area (Å²) in [7, 11) is 0. The van der Waals surface area contributed by atoms with Gasteiger partial charge in [0.2, 0.25) is 0 Å². The number of nitrogens with zero attached hydrogens (tertiary/aromatic N) is 1. The SMILES string of the molecule is O=C1N/C(=C/c2ccc(OCc3ccccc3F)cc2)C(=O)N1Cc1ccc(F)cc1. The van der Waals surface area contributed by atoms with Crippen molar-refractivity contribution >= 4 is 18.0 Å². The summed E-state index contributed by atoms with van der Waals surface area (Å²) in [6.45, 7) is 0.144. The van der Waals surface area contributed by atoms with Gasteiger partial charge in [-0.2, -0.15) is 0 Å². The van der Waals surface area contributed by atoms with Gasteiger partial charge in [0.25, 0.3) is 5.91 Å². The third-order valence-corrected chi connectivity index (χ3v) is 4.76. The lowest BCUT2D eigenvalue weighted by Crippen LogP contribution is -2.30. The highest BCUT2D eigenvalue weighted by molar-refractivity contribution is 6.13. The maximum absolute atomic E-state index is 13.7. The van der Waals surface area contributed by atoms with E-state index >= 15 is 0 Å². The van der Waals surface area contributed by atoms with E-state index < -0.39 is 11.9 Å². The zero-order valence-electron chi connectivity index (χ0n) is 16.3. The van der Waals surface area contributed by atoms with Crippen molar-refractivity contribution in [2.75, 3.05) is 0 Å². The number of carbonyl (C=O) groups excluding carboxylic acids is 2. The van der Waals surface area contributed by atoms with Crippen LogP contribution < -0.4 is 10.1 Å². The lowest BCUT2D eigenvalue weighted by atomic mass is 10.1. The number of ether oxygens (including phenoxy) is 1. The molecule has 0 aromatic heterocycles. The molecule has 5 nitrogen and oxygen atoms in total. The smallest absolute Gasteiger partial charge is 0.329 e. The summed E-state index contributed by atoms with van der Waals surface area (Å²) in [5.41, 5.74) is 1.93. The van der Waals surface area contributed by atoms with Crippen molar-refractivity contribution in [2.45, 2.75) is 13.2 Å². The van der Waals surface area contributed by atoms with Crippen LogP contribution in [0.15, 0.2) is 78.5 Å². The fraction of sp³-hybridized carbons (Fsp3) is 0.0833. The van der Waals surface area contributed by atoms with Crippen LogP contribution in [0.2, 0.25) is 0 Å². The highest BCUT2D eigenvalue weighted by Gasteiger charge is 2.33. The van der Waals surface area contributed by atoms with Crippen LogP contribution in [0.25, 0.3) is 6.08 Å². The van der Waals surface area contributed by atoms with Gasteiger partial charge in [0.05, 0.1) is 6.54 Å². The van der Waals surface area contributed by atoms with Gasteiger partial charge >= 0.3 is 6.03 Å². The predicted molar refractivity (Wildman–Crippen MR) is 111 cm³/mol. The summed E-state index contributed by atoms with van der Waals surface area (Å²) < 4.78 is 32.3. The summed E-state index contributed by atoms with van der Waals surface area (Å²) in [5, 5.41) is 2.55. The van der Waals surface area contributed by atoms with Crippen LogP contribution >= 0.6 is 0 Å². The molecule has 3 aromatic rings. The first kappa shape index (κ1) is 20.3. The Labute approximate surface area is 177 Å². The highest BCUT2D eigenvalue weighted by Crippen LogP contribution is 2.20. The molecule has 0 saturated carbocycles. The molecule has 0 bridgehead atoms.